The molecule has 0 bridgehead atoms. The molecule has 1 aliphatic heterocycles. The molecule has 2 aromatic rings. The highest BCUT2D eigenvalue weighted by Crippen LogP contribution is 2.22. The predicted molar refractivity (Wildman–Crippen MR) is 110 cm³/mol. The number of rotatable bonds is 3. The fourth-order valence-corrected chi connectivity index (χ4v) is 5.14. The number of nitrogens with one attached hydrogen (secondary N) is 1. The van der Waals surface area contributed by atoms with Crippen LogP contribution in [-0.4, -0.2) is 49.8 Å². The average Bonchev–Trinajstić information content (AvgIpc) is 2.88. The van der Waals surface area contributed by atoms with Crippen molar-refractivity contribution in [3.63, 3.8) is 0 Å². The smallest absolute Gasteiger partial charge is 0.321 e. The van der Waals surface area contributed by atoms with Crippen molar-refractivity contribution in [3.8, 4) is 0 Å². The van der Waals surface area contributed by atoms with Crippen LogP contribution in [0.25, 0.3) is 0 Å². The summed E-state index contributed by atoms with van der Waals surface area (Å²) in [5.74, 6) is 0. The van der Waals surface area contributed by atoms with Gasteiger partial charge in [-0.25, -0.2) is 13.2 Å². The van der Waals surface area contributed by atoms with Crippen molar-refractivity contribution in [2.24, 2.45) is 0 Å². The van der Waals surface area contributed by atoms with E-state index in [0.717, 1.165) is 0 Å². The molecule has 1 heterocycles. The van der Waals surface area contributed by atoms with E-state index in [0.29, 0.717) is 41.2 Å². The van der Waals surface area contributed by atoms with Crippen LogP contribution in [0.1, 0.15) is 6.42 Å². The molecule has 1 fully saturated rings. The van der Waals surface area contributed by atoms with E-state index in [-0.39, 0.29) is 17.5 Å². The Bertz CT molecular complexity index is 939. The van der Waals surface area contributed by atoms with Gasteiger partial charge in [0.1, 0.15) is 0 Å². The lowest BCUT2D eigenvalue weighted by atomic mass is 10.3. The molecule has 0 atom stereocenters. The lowest BCUT2D eigenvalue weighted by Crippen LogP contribution is -2.39. The fourth-order valence-electron chi connectivity index (χ4n) is 2.88. The first-order chi connectivity index (χ1) is 12.9. The van der Waals surface area contributed by atoms with Crippen LogP contribution in [0.5, 0.6) is 0 Å². The van der Waals surface area contributed by atoms with E-state index in [1.165, 1.54) is 4.31 Å². The van der Waals surface area contributed by atoms with Gasteiger partial charge in [-0.3, -0.25) is 0 Å². The Hall–Kier alpha value is -1.61. The zero-order chi connectivity index (χ0) is 19.4. The molecule has 9 heteroatoms. The monoisotopic (exact) mass is 471 g/mol. The van der Waals surface area contributed by atoms with Crippen molar-refractivity contribution in [1.29, 1.82) is 0 Å². The summed E-state index contributed by atoms with van der Waals surface area (Å²) in [6, 6.07) is 13.3. The molecule has 0 saturated carbocycles. The summed E-state index contributed by atoms with van der Waals surface area (Å²) in [5.41, 5.74) is 0.607. The molecule has 2 amide bonds. The molecule has 1 saturated heterocycles. The van der Waals surface area contributed by atoms with Crippen LogP contribution in [0.3, 0.4) is 0 Å². The van der Waals surface area contributed by atoms with Crippen LogP contribution in [0.15, 0.2) is 57.9 Å². The molecule has 0 unspecified atom stereocenters. The van der Waals surface area contributed by atoms with Gasteiger partial charge in [-0.05, 0) is 42.8 Å². The molecule has 0 radical (unpaired) electrons. The minimum Gasteiger partial charge on any atom is -0.323 e. The minimum atomic E-state index is -3.59. The third-order valence-corrected chi connectivity index (χ3v) is 6.87. The van der Waals surface area contributed by atoms with Crippen LogP contribution in [0.4, 0.5) is 10.5 Å². The molecule has 27 heavy (non-hydrogen) atoms. The number of anilines is 1. The van der Waals surface area contributed by atoms with Crippen LogP contribution in [0, 0.1) is 0 Å². The lowest BCUT2D eigenvalue weighted by Gasteiger charge is -2.22. The second-order valence-electron chi connectivity index (χ2n) is 6.14. The van der Waals surface area contributed by atoms with E-state index in [1.54, 1.807) is 53.4 Å². The number of carbonyl (C=O) groups excluding carboxylic acids is 1. The molecule has 0 spiro atoms. The van der Waals surface area contributed by atoms with Gasteiger partial charge in [0.2, 0.25) is 10.0 Å². The van der Waals surface area contributed by atoms with Gasteiger partial charge >= 0.3 is 6.03 Å². The molecule has 6 nitrogen and oxygen atoms in total. The Labute approximate surface area is 172 Å². The largest absolute Gasteiger partial charge is 0.323 e. The van der Waals surface area contributed by atoms with Crippen LogP contribution in [0.2, 0.25) is 5.02 Å². The second kappa shape index (κ2) is 8.60. The number of nitrogens with zero attached hydrogens (tertiary/aromatic N) is 2. The molecule has 0 aliphatic carbocycles. The van der Waals surface area contributed by atoms with Gasteiger partial charge in [-0.15, -0.1) is 0 Å². The number of hydrogen-bond acceptors (Lipinski definition) is 3. The van der Waals surface area contributed by atoms with Gasteiger partial charge in [-0.2, -0.15) is 4.31 Å². The number of carbonyl (C=O) groups is 1. The van der Waals surface area contributed by atoms with E-state index in [2.05, 4.69) is 21.2 Å². The van der Waals surface area contributed by atoms with E-state index in [4.69, 9.17) is 11.6 Å². The third-order valence-electron chi connectivity index (χ3n) is 4.25. The molecule has 1 N–H and O–H groups in total. The van der Waals surface area contributed by atoms with Crippen molar-refractivity contribution < 1.29 is 13.2 Å². The van der Waals surface area contributed by atoms with Crippen LogP contribution in [-0.2, 0) is 10.0 Å². The highest BCUT2D eigenvalue weighted by atomic mass is 79.9. The quantitative estimate of drug-likeness (QED) is 0.733. The number of sulfonamides is 1. The van der Waals surface area contributed by atoms with Crippen LogP contribution >= 0.6 is 27.5 Å². The summed E-state index contributed by atoms with van der Waals surface area (Å²) in [5, 5.41) is 3.34. The van der Waals surface area contributed by atoms with Crippen molar-refractivity contribution in [3.05, 3.63) is 58.0 Å². The topological polar surface area (TPSA) is 69.7 Å². The maximum Gasteiger partial charge on any atom is 0.321 e. The van der Waals surface area contributed by atoms with Crippen molar-refractivity contribution >= 4 is 49.3 Å². The molecular formula is C18H19BrClN3O3S. The lowest BCUT2D eigenvalue weighted by molar-refractivity contribution is 0.214. The summed E-state index contributed by atoms with van der Waals surface area (Å²) >= 11 is 9.24. The predicted octanol–water partition coefficient (Wildman–Crippen LogP) is 4.03. The summed E-state index contributed by atoms with van der Waals surface area (Å²) in [7, 11) is -3.59. The molecule has 144 valence electrons. The van der Waals surface area contributed by atoms with Gasteiger partial charge in [0.15, 0.2) is 0 Å². The Morgan fingerprint density at radius 1 is 1.04 bits per heavy atom. The first kappa shape index (κ1) is 20.1. The normalized spacial score (nSPS) is 16.0. The summed E-state index contributed by atoms with van der Waals surface area (Å²) < 4.78 is 27.9. The van der Waals surface area contributed by atoms with Crippen molar-refractivity contribution in [2.75, 3.05) is 31.5 Å². The number of urea groups is 1. The Balaban J connectivity index is 1.67. The van der Waals surface area contributed by atoms with Gasteiger partial charge in [0.05, 0.1) is 4.90 Å². The summed E-state index contributed by atoms with van der Waals surface area (Å²) in [6.07, 6.45) is 0.566. The minimum absolute atomic E-state index is 0.244. The first-order valence-electron chi connectivity index (χ1n) is 8.43. The van der Waals surface area contributed by atoms with Crippen molar-refractivity contribution in [1.82, 2.24) is 9.21 Å². The zero-order valence-electron chi connectivity index (χ0n) is 14.4. The highest BCUT2D eigenvalue weighted by molar-refractivity contribution is 9.10. The Kier molecular flexibility index (Phi) is 6.41. The molecule has 3 rings (SSSR count). The van der Waals surface area contributed by atoms with Gasteiger partial charge in [-0.1, -0.05) is 39.7 Å². The average molecular weight is 473 g/mol. The van der Waals surface area contributed by atoms with E-state index in [9.17, 15) is 13.2 Å². The Morgan fingerprint density at radius 3 is 2.56 bits per heavy atom. The summed E-state index contributed by atoms with van der Waals surface area (Å²) in [4.78, 5) is 14.4. The molecular weight excluding hydrogens is 454 g/mol. The van der Waals surface area contributed by atoms with Gasteiger partial charge in [0, 0.05) is 41.4 Å². The third kappa shape index (κ3) is 5.01. The standard InChI is InChI=1S/C18H19BrClN3O3S/c19-14-4-1-7-17(12-14)27(25,26)23-9-3-8-22(10-11-23)18(24)21-16-6-2-5-15(20)13-16/h1-2,4-7,12-13H,3,8-11H2,(H,21,24). The number of halogens is 2. The van der Waals surface area contributed by atoms with E-state index < -0.39 is 10.0 Å². The second-order valence-corrected chi connectivity index (χ2v) is 9.43. The number of amides is 2. The molecule has 0 aromatic heterocycles. The Morgan fingerprint density at radius 2 is 1.81 bits per heavy atom. The summed E-state index contributed by atoms with van der Waals surface area (Å²) in [6.45, 7) is 1.42. The van der Waals surface area contributed by atoms with Gasteiger partial charge in [0.25, 0.3) is 0 Å². The SMILES string of the molecule is O=C(Nc1cccc(Cl)c1)N1CCCN(S(=O)(=O)c2cccc(Br)c2)CC1. The van der Waals surface area contributed by atoms with E-state index >= 15 is 0 Å². The molecule has 2 aromatic carbocycles. The molecule has 1 aliphatic rings. The van der Waals surface area contributed by atoms with Crippen LogP contribution < -0.4 is 5.32 Å². The fraction of sp³-hybridized carbons (Fsp3) is 0.278. The van der Waals surface area contributed by atoms with Gasteiger partial charge < -0.3 is 10.2 Å². The maximum atomic E-state index is 12.9. The number of hydrogen-bond donors (Lipinski definition) is 1. The zero-order valence-corrected chi connectivity index (χ0v) is 17.6. The first-order valence-corrected chi connectivity index (χ1v) is 11.0. The maximum absolute atomic E-state index is 12.9. The van der Waals surface area contributed by atoms with E-state index in [1.807, 2.05) is 0 Å². The van der Waals surface area contributed by atoms with Crippen molar-refractivity contribution in [2.45, 2.75) is 11.3 Å². The number of benzene rings is 2. The highest BCUT2D eigenvalue weighted by Gasteiger charge is 2.28.